The van der Waals surface area contributed by atoms with Crippen LogP contribution in [0.25, 0.3) is 10.9 Å². The van der Waals surface area contributed by atoms with E-state index in [1.807, 2.05) is 11.8 Å². The highest BCUT2D eigenvalue weighted by molar-refractivity contribution is 8.00. The Morgan fingerprint density at radius 3 is 2.60 bits per heavy atom. The average Bonchev–Trinajstić information content (AvgIpc) is 2.73. The van der Waals surface area contributed by atoms with E-state index >= 15 is 0 Å². The van der Waals surface area contributed by atoms with Gasteiger partial charge < -0.3 is 10.4 Å². The first-order valence-corrected chi connectivity index (χ1v) is 12.1. The third-order valence-corrected chi connectivity index (χ3v) is 7.57. The topological polar surface area (TPSA) is 65.5 Å². The van der Waals surface area contributed by atoms with E-state index in [2.05, 4.69) is 14.6 Å². The first-order chi connectivity index (χ1) is 14.4. The molecular formula is C20H16Cl3N3O2S2. The summed E-state index contributed by atoms with van der Waals surface area (Å²) in [5.41, 5.74) is 1.90. The molecule has 0 radical (unpaired) electrons. The number of nitrogens with one attached hydrogen (secondary N) is 1. The molecule has 2 N–H and O–H groups in total. The summed E-state index contributed by atoms with van der Waals surface area (Å²) >= 11 is 22.0. The lowest BCUT2D eigenvalue weighted by molar-refractivity contribution is 0.0698. The van der Waals surface area contributed by atoms with Crippen molar-refractivity contribution >= 4 is 86.8 Å². The summed E-state index contributed by atoms with van der Waals surface area (Å²) in [5, 5.41) is 14.8. The largest absolute Gasteiger partial charge is 0.478 e. The van der Waals surface area contributed by atoms with Crippen LogP contribution in [0.15, 0.2) is 41.4 Å². The lowest BCUT2D eigenvalue weighted by Crippen LogP contribution is -2.26. The second kappa shape index (κ2) is 9.42. The third kappa shape index (κ3) is 4.77. The van der Waals surface area contributed by atoms with Gasteiger partial charge in [-0.25, -0.2) is 9.10 Å². The number of aromatic nitrogens is 1. The van der Waals surface area contributed by atoms with Crippen LogP contribution in [0, 0.1) is 0 Å². The fourth-order valence-corrected chi connectivity index (χ4v) is 5.70. The Morgan fingerprint density at radius 2 is 1.87 bits per heavy atom. The fourth-order valence-electron chi connectivity index (χ4n) is 3.08. The number of carboxylic acid groups (broad SMARTS) is 1. The molecule has 0 saturated carbocycles. The number of aromatic carboxylic acids is 1. The molecule has 0 amide bonds. The average molecular weight is 501 g/mol. The standard InChI is InChI=1S/C20H16Cl3N3O2S2/c21-11-1-2-16(13(7-11)20(27)28)25-19-12-8-14(22)15(23)9-17(12)24-10-18(19)30-26-3-5-29-6-4-26/h1-2,7-10H,3-6H2,(H,24,25)(H,27,28). The quantitative estimate of drug-likeness (QED) is 0.378. The number of carbonyl (C=O) groups is 1. The predicted octanol–water partition coefficient (Wildman–Crippen LogP) is 6.69. The van der Waals surface area contributed by atoms with Crippen LogP contribution in [0.3, 0.4) is 0 Å². The molecule has 2 aromatic carbocycles. The molecule has 156 valence electrons. The normalized spacial score (nSPS) is 14.8. The summed E-state index contributed by atoms with van der Waals surface area (Å²) in [5.74, 6) is 1.07. The van der Waals surface area contributed by atoms with Crippen molar-refractivity contribution in [3.05, 3.63) is 57.2 Å². The minimum atomic E-state index is -1.07. The van der Waals surface area contributed by atoms with E-state index in [4.69, 9.17) is 34.8 Å². The molecule has 0 atom stereocenters. The van der Waals surface area contributed by atoms with Gasteiger partial charge in [-0.15, -0.1) is 0 Å². The van der Waals surface area contributed by atoms with Gasteiger partial charge in [0.25, 0.3) is 0 Å². The first-order valence-electron chi connectivity index (χ1n) is 9.00. The van der Waals surface area contributed by atoms with Crippen LogP contribution in [0.4, 0.5) is 11.4 Å². The highest BCUT2D eigenvalue weighted by Crippen LogP contribution is 2.40. The van der Waals surface area contributed by atoms with E-state index < -0.39 is 5.97 Å². The Kier molecular flexibility index (Phi) is 6.87. The molecule has 0 spiro atoms. The Balaban J connectivity index is 1.83. The molecule has 1 aromatic heterocycles. The zero-order valence-corrected chi connectivity index (χ0v) is 19.4. The number of fused-ring (bicyclic) bond motifs is 1. The van der Waals surface area contributed by atoms with E-state index in [0.29, 0.717) is 26.3 Å². The lowest BCUT2D eigenvalue weighted by Gasteiger charge is -2.26. The van der Waals surface area contributed by atoms with Crippen molar-refractivity contribution in [2.24, 2.45) is 0 Å². The molecule has 1 aliphatic rings. The Bertz CT molecular complexity index is 1120. The van der Waals surface area contributed by atoms with Crippen molar-refractivity contribution in [3.63, 3.8) is 0 Å². The molecule has 1 fully saturated rings. The number of halogens is 3. The number of hydrogen-bond donors (Lipinski definition) is 2. The van der Waals surface area contributed by atoms with Gasteiger partial charge >= 0.3 is 5.97 Å². The zero-order valence-electron chi connectivity index (χ0n) is 15.5. The van der Waals surface area contributed by atoms with E-state index in [1.54, 1.807) is 42.4 Å². The number of pyridine rings is 1. The van der Waals surface area contributed by atoms with Crippen molar-refractivity contribution in [1.29, 1.82) is 0 Å². The van der Waals surface area contributed by atoms with Gasteiger partial charge in [0.15, 0.2) is 0 Å². The molecule has 0 aliphatic carbocycles. The molecule has 10 heteroatoms. The molecule has 1 aliphatic heterocycles. The van der Waals surface area contributed by atoms with Crippen LogP contribution in [0.2, 0.25) is 15.1 Å². The van der Waals surface area contributed by atoms with Gasteiger partial charge in [0.1, 0.15) is 0 Å². The maximum Gasteiger partial charge on any atom is 0.337 e. The number of nitrogens with zero attached hydrogens (tertiary/aromatic N) is 2. The second-order valence-corrected chi connectivity index (χ2v) is 10.1. The van der Waals surface area contributed by atoms with Gasteiger partial charge in [-0.1, -0.05) is 34.8 Å². The second-order valence-electron chi connectivity index (χ2n) is 6.53. The van der Waals surface area contributed by atoms with E-state index in [0.717, 1.165) is 40.6 Å². The van der Waals surface area contributed by atoms with E-state index in [9.17, 15) is 9.90 Å². The van der Waals surface area contributed by atoms with Crippen molar-refractivity contribution in [3.8, 4) is 0 Å². The fraction of sp³-hybridized carbons (Fsp3) is 0.200. The van der Waals surface area contributed by atoms with Gasteiger partial charge in [-0.2, -0.15) is 11.8 Å². The van der Waals surface area contributed by atoms with Gasteiger partial charge in [0, 0.05) is 41.2 Å². The number of thioether (sulfide) groups is 1. The number of hydrogen-bond acceptors (Lipinski definition) is 6. The van der Waals surface area contributed by atoms with E-state index in [1.165, 1.54) is 6.07 Å². The molecule has 5 nitrogen and oxygen atoms in total. The SMILES string of the molecule is O=C(O)c1cc(Cl)ccc1Nc1c(SN2CCSCC2)cnc2cc(Cl)c(Cl)cc12. The molecule has 30 heavy (non-hydrogen) atoms. The van der Waals surface area contributed by atoms with Crippen molar-refractivity contribution < 1.29 is 9.90 Å². The number of benzene rings is 2. The van der Waals surface area contributed by atoms with Crippen LogP contribution in [0.5, 0.6) is 0 Å². The number of anilines is 2. The highest BCUT2D eigenvalue weighted by atomic mass is 35.5. The van der Waals surface area contributed by atoms with Crippen molar-refractivity contribution in [1.82, 2.24) is 9.29 Å². The lowest BCUT2D eigenvalue weighted by atomic mass is 10.1. The Labute approximate surface area is 197 Å². The summed E-state index contributed by atoms with van der Waals surface area (Å²) < 4.78 is 2.28. The van der Waals surface area contributed by atoms with Crippen LogP contribution in [-0.2, 0) is 0 Å². The van der Waals surface area contributed by atoms with Gasteiger partial charge in [0.2, 0.25) is 0 Å². The van der Waals surface area contributed by atoms with Gasteiger partial charge in [-0.05, 0) is 42.3 Å². The minimum Gasteiger partial charge on any atom is -0.478 e. The highest BCUT2D eigenvalue weighted by Gasteiger charge is 2.19. The van der Waals surface area contributed by atoms with Crippen LogP contribution < -0.4 is 5.32 Å². The molecule has 0 bridgehead atoms. The summed E-state index contributed by atoms with van der Waals surface area (Å²) in [6.07, 6.45) is 1.78. The minimum absolute atomic E-state index is 0.0813. The summed E-state index contributed by atoms with van der Waals surface area (Å²) in [4.78, 5) is 17.2. The third-order valence-electron chi connectivity index (χ3n) is 4.54. The number of carboxylic acids is 1. The molecule has 3 aromatic rings. The molecule has 4 rings (SSSR count). The number of rotatable bonds is 5. The predicted molar refractivity (Wildman–Crippen MR) is 128 cm³/mol. The summed E-state index contributed by atoms with van der Waals surface area (Å²) in [6, 6.07) is 8.19. The molecular weight excluding hydrogens is 485 g/mol. The summed E-state index contributed by atoms with van der Waals surface area (Å²) in [7, 11) is 0. The van der Waals surface area contributed by atoms with Crippen LogP contribution >= 0.6 is 58.5 Å². The molecule has 1 saturated heterocycles. The van der Waals surface area contributed by atoms with Gasteiger partial charge in [-0.3, -0.25) is 4.98 Å². The molecule has 2 heterocycles. The maximum absolute atomic E-state index is 11.8. The first kappa shape index (κ1) is 21.9. The Morgan fingerprint density at radius 1 is 1.13 bits per heavy atom. The van der Waals surface area contributed by atoms with Gasteiger partial charge in [0.05, 0.1) is 37.4 Å². The van der Waals surface area contributed by atoms with Crippen molar-refractivity contribution in [2.45, 2.75) is 4.90 Å². The zero-order chi connectivity index (χ0) is 21.3. The monoisotopic (exact) mass is 499 g/mol. The molecule has 0 unspecified atom stereocenters. The van der Waals surface area contributed by atoms with E-state index in [-0.39, 0.29) is 5.56 Å². The smallest absolute Gasteiger partial charge is 0.337 e. The summed E-state index contributed by atoms with van der Waals surface area (Å²) in [6.45, 7) is 1.91. The van der Waals surface area contributed by atoms with Crippen molar-refractivity contribution in [2.75, 3.05) is 29.9 Å². The van der Waals surface area contributed by atoms with Crippen LogP contribution in [-0.4, -0.2) is 45.0 Å². The van der Waals surface area contributed by atoms with Crippen LogP contribution in [0.1, 0.15) is 10.4 Å². The Hall–Kier alpha value is -1.35. The maximum atomic E-state index is 11.8.